The molecule has 0 aromatic rings. The van der Waals surface area contributed by atoms with Gasteiger partial charge in [0.05, 0.1) is 18.6 Å². The van der Waals surface area contributed by atoms with Crippen molar-refractivity contribution in [3.8, 4) is 0 Å². The topological polar surface area (TPSA) is 26.3 Å². The maximum absolute atomic E-state index is 12.4. The van der Waals surface area contributed by atoms with Crippen molar-refractivity contribution < 1.29 is 9.53 Å². The van der Waals surface area contributed by atoms with Crippen LogP contribution in [0.15, 0.2) is 0 Å². The Hall–Kier alpha value is -0.0200. The molecule has 3 heteroatoms. The van der Waals surface area contributed by atoms with E-state index in [1.54, 1.807) is 7.11 Å². The van der Waals surface area contributed by atoms with E-state index < -0.39 is 0 Å². The molecule has 0 aromatic heterocycles. The number of ether oxygens (including phenoxy) is 1. The first kappa shape index (κ1) is 12.4. The summed E-state index contributed by atoms with van der Waals surface area (Å²) < 4.78 is 5.44. The van der Waals surface area contributed by atoms with E-state index in [0.29, 0.717) is 29.0 Å². The number of fused-ring (bicyclic) bond motifs is 1. The zero-order chi connectivity index (χ0) is 11.7. The SMILES string of the molecule is COC1CCC2C(=O)C([S+](C)C)CCC2C1. The van der Waals surface area contributed by atoms with Crippen LogP contribution in [0, 0.1) is 11.8 Å². The van der Waals surface area contributed by atoms with Gasteiger partial charge in [0.25, 0.3) is 0 Å². The normalized spacial score (nSPS) is 39.9. The summed E-state index contributed by atoms with van der Waals surface area (Å²) in [7, 11) is 2.06. The zero-order valence-corrected chi connectivity index (χ0v) is 11.4. The van der Waals surface area contributed by atoms with E-state index in [2.05, 4.69) is 12.5 Å². The van der Waals surface area contributed by atoms with E-state index in [9.17, 15) is 4.79 Å². The molecule has 0 amide bonds. The second-order valence-corrected chi connectivity index (χ2v) is 7.71. The molecule has 2 aliphatic carbocycles. The number of carbonyl (C=O) groups is 1. The lowest BCUT2D eigenvalue weighted by Crippen LogP contribution is -2.45. The number of hydrogen-bond donors (Lipinski definition) is 0. The van der Waals surface area contributed by atoms with Gasteiger partial charge in [0.2, 0.25) is 0 Å². The summed E-state index contributed by atoms with van der Waals surface area (Å²) in [5.41, 5.74) is 0. The number of ketones is 1. The summed E-state index contributed by atoms with van der Waals surface area (Å²) in [5, 5.41) is 0.361. The highest BCUT2D eigenvalue weighted by Crippen LogP contribution is 2.40. The molecule has 0 radical (unpaired) electrons. The average Bonchev–Trinajstić information content (AvgIpc) is 2.28. The highest BCUT2D eigenvalue weighted by molar-refractivity contribution is 7.96. The molecule has 92 valence electrons. The van der Waals surface area contributed by atoms with Crippen molar-refractivity contribution >= 4 is 16.7 Å². The zero-order valence-electron chi connectivity index (χ0n) is 10.6. The van der Waals surface area contributed by atoms with Gasteiger partial charge in [0.15, 0.2) is 11.0 Å². The van der Waals surface area contributed by atoms with E-state index in [1.165, 1.54) is 6.42 Å². The summed E-state index contributed by atoms with van der Waals surface area (Å²) in [6.45, 7) is 0. The van der Waals surface area contributed by atoms with Crippen LogP contribution in [0.25, 0.3) is 0 Å². The molecule has 0 N–H and O–H groups in total. The summed E-state index contributed by atoms with van der Waals surface area (Å²) >= 11 is 0. The van der Waals surface area contributed by atoms with E-state index in [1.807, 2.05) is 0 Å². The fourth-order valence-corrected chi connectivity index (χ4v) is 4.59. The number of carbonyl (C=O) groups excluding carboxylic acids is 1. The monoisotopic (exact) mass is 243 g/mol. The Morgan fingerprint density at radius 1 is 1.19 bits per heavy atom. The quantitative estimate of drug-likeness (QED) is 0.694. The lowest BCUT2D eigenvalue weighted by atomic mass is 9.69. The smallest absolute Gasteiger partial charge is 0.188 e. The third-order valence-electron chi connectivity index (χ3n) is 4.32. The second-order valence-electron chi connectivity index (χ2n) is 5.39. The molecule has 4 unspecified atom stereocenters. The van der Waals surface area contributed by atoms with Gasteiger partial charge < -0.3 is 4.74 Å². The summed E-state index contributed by atoms with van der Waals surface area (Å²) in [5.74, 6) is 1.55. The second kappa shape index (κ2) is 5.09. The summed E-state index contributed by atoms with van der Waals surface area (Å²) in [6, 6.07) is 0. The van der Waals surface area contributed by atoms with E-state index >= 15 is 0 Å². The first-order chi connectivity index (χ1) is 7.63. The van der Waals surface area contributed by atoms with Gasteiger partial charge in [0, 0.05) is 19.4 Å². The van der Waals surface area contributed by atoms with Gasteiger partial charge in [-0.15, -0.1) is 0 Å². The fraction of sp³-hybridized carbons (Fsp3) is 0.923. The molecule has 2 fully saturated rings. The minimum atomic E-state index is 0.261. The molecule has 0 bridgehead atoms. The van der Waals surface area contributed by atoms with Crippen molar-refractivity contribution in [2.75, 3.05) is 19.6 Å². The molecule has 0 aliphatic heterocycles. The molecule has 0 spiro atoms. The van der Waals surface area contributed by atoms with Crippen LogP contribution in [0.4, 0.5) is 0 Å². The minimum absolute atomic E-state index is 0.261. The molecule has 2 aliphatic rings. The van der Waals surface area contributed by atoms with Crippen LogP contribution >= 0.6 is 0 Å². The Morgan fingerprint density at radius 2 is 1.94 bits per heavy atom. The Bertz CT molecular complexity index is 265. The maximum Gasteiger partial charge on any atom is 0.188 e. The van der Waals surface area contributed by atoms with Crippen LogP contribution in [0.3, 0.4) is 0 Å². The van der Waals surface area contributed by atoms with Crippen LogP contribution in [-0.4, -0.2) is 36.8 Å². The number of methoxy groups -OCH3 is 1. The predicted molar refractivity (Wildman–Crippen MR) is 68.9 cm³/mol. The van der Waals surface area contributed by atoms with Gasteiger partial charge in [-0.3, -0.25) is 4.79 Å². The van der Waals surface area contributed by atoms with E-state index in [-0.39, 0.29) is 10.9 Å². The molecule has 0 aromatic carbocycles. The van der Waals surface area contributed by atoms with Crippen LogP contribution < -0.4 is 0 Å². The molecule has 2 nitrogen and oxygen atoms in total. The molecule has 0 heterocycles. The highest BCUT2D eigenvalue weighted by atomic mass is 32.2. The summed E-state index contributed by atoms with van der Waals surface area (Å²) in [6.07, 6.45) is 10.5. The minimum Gasteiger partial charge on any atom is -0.381 e. The number of rotatable bonds is 2. The van der Waals surface area contributed by atoms with Crippen molar-refractivity contribution in [1.29, 1.82) is 0 Å². The Labute approximate surface area is 101 Å². The predicted octanol–water partition coefficient (Wildman–Crippen LogP) is 2.03. The molecule has 0 saturated heterocycles. The number of Topliss-reactive ketones (excluding diaryl/α,β-unsaturated/α-hetero) is 1. The van der Waals surface area contributed by atoms with E-state index in [0.717, 1.165) is 25.7 Å². The van der Waals surface area contributed by atoms with Crippen molar-refractivity contribution in [2.45, 2.75) is 43.5 Å². The lowest BCUT2D eigenvalue weighted by molar-refractivity contribution is -0.129. The lowest BCUT2D eigenvalue weighted by Gasteiger charge is -2.39. The maximum atomic E-state index is 12.4. The van der Waals surface area contributed by atoms with Gasteiger partial charge in [-0.1, -0.05) is 0 Å². The van der Waals surface area contributed by atoms with Gasteiger partial charge in [-0.25, -0.2) is 0 Å². The first-order valence-electron chi connectivity index (χ1n) is 6.26. The third kappa shape index (κ3) is 2.30. The fourth-order valence-electron chi connectivity index (χ4n) is 3.34. The Morgan fingerprint density at radius 3 is 2.56 bits per heavy atom. The van der Waals surface area contributed by atoms with Crippen molar-refractivity contribution in [2.24, 2.45) is 11.8 Å². The van der Waals surface area contributed by atoms with Crippen LogP contribution in [0.1, 0.15) is 32.1 Å². The average molecular weight is 243 g/mol. The van der Waals surface area contributed by atoms with Crippen LogP contribution in [-0.2, 0) is 20.4 Å². The van der Waals surface area contributed by atoms with Crippen molar-refractivity contribution in [3.05, 3.63) is 0 Å². The molecule has 2 rings (SSSR count). The standard InChI is InChI=1S/C13H23O2S/c1-15-10-5-6-11-9(8-10)4-7-12(13(11)14)16(2)3/h9-12H,4-8H2,1-3H3/q+1. The molecule has 4 atom stereocenters. The molecular formula is C13H23O2S+. The van der Waals surface area contributed by atoms with Gasteiger partial charge >= 0.3 is 0 Å². The van der Waals surface area contributed by atoms with Crippen LogP contribution in [0.5, 0.6) is 0 Å². The largest absolute Gasteiger partial charge is 0.381 e. The molecule has 2 saturated carbocycles. The van der Waals surface area contributed by atoms with Gasteiger partial charge in [-0.05, 0) is 42.5 Å². The summed E-state index contributed by atoms with van der Waals surface area (Å²) in [4.78, 5) is 12.4. The third-order valence-corrected chi connectivity index (χ3v) is 5.93. The molecular weight excluding hydrogens is 220 g/mol. The Kier molecular flexibility index (Phi) is 3.96. The number of hydrogen-bond acceptors (Lipinski definition) is 2. The van der Waals surface area contributed by atoms with Gasteiger partial charge in [0.1, 0.15) is 0 Å². The van der Waals surface area contributed by atoms with Crippen LogP contribution in [0.2, 0.25) is 0 Å². The van der Waals surface area contributed by atoms with Crippen molar-refractivity contribution in [1.82, 2.24) is 0 Å². The van der Waals surface area contributed by atoms with Crippen molar-refractivity contribution in [3.63, 3.8) is 0 Å². The highest BCUT2D eigenvalue weighted by Gasteiger charge is 2.45. The van der Waals surface area contributed by atoms with Gasteiger partial charge in [-0.2, -0.15) is 0 Å². The Balaban J connectivity index is 2.02. The van der Waals surface area contributed by atoms with E-state index in [4.69, 9.17) is 4.74 Å². The first-order valence-corrected chi connectivity index (χ1v) is 8.36. The molecule has 16 heavy (non-hydrogen) atoms.